The van der Waals surface area contributed by atoms with E-state index in [9.17, 15) is 14.7 Å². The van der Waals surface area contributed by atoms with E-state index >= 15 is 0 Å². The van der Waals surface area contributed by atoms with E-state index in [-0.39, 0.29) is 18.4 Å². The molecule has 2 N–H and O–H groups in total. The number of carbonyl (C=O) groups excluding carboxylic acids is 1. The number of aliphatic carboxylic acids is 1. The van der Waals surface area contributed by atoms with Gasteiger partial charge in [0.1, 0.15) is 5.82 Å². The third-order valence-corrected chi connectivity index (χ3v) is 4.88. The van der Waals surface area contributed by atoms with Crippen LogP contribution in [0.1, 0.15) is 47.2 Å². The van der Waals surface area contributed by atoms with E-state index in [0.29, 0.717) is 23.5 Å². The highest BCUT2D eigenvalue weighted by Crippen LogP contribution is 2.19. The molecule has 0 bridgehead atoms. The van der Waals surface area contributed by atoms with E-state index in [0.717, 1.165) is 16.3 Å². The van der Waals surface area contributed by atoms with Crippen LogP contribution in [0, 0.1) is 12.8 Å². The molecule has 0 aliphatic carbocycles. The molecule has 6 nitrogen and oxygen atoms in total. The standard InChI is InChI=1S/C23H25N3O3/c1-14(2)21-20(13-24-15(3)26-21)22(27)25-12-19(23(28)29)11-16-8-9-17-6-4-5-7-18(17)10-16/h4-10,13-14,19H,11-12H2,1-3H3,(H,25,27)(H,28,29). The lowest BCUT2D eigenvalue weighted by atomic mass is 9.97. The summed E-state index contributed by atoms with van der Waals surface area (Å²) in [6.45, 7) is 5.72. The third-order valence-electron chi connectivity index (χ3n) is 4.88. The van der Waals surface area contributed by atoms with Crippen LogP contribution in [-0.2, 0) is 11.2 Å². The van der Waals surface area contributed by atoms with Gasteiger partial charge in [-0.05, 0) is 35.6 Å². The number of nitrogens with one attached hydrogen (secondary N) is 1. The summed E-state index contributed by atoms with van der Waals surface area (Å²) in [5.41, 5.74) is 1.98. The number of carboxylic acids is 1. The molecule has 3 rings (SSSR count). The molecule has 1 atom stereocenters. The number of fused-ring (bicyclic) bond motifs is 1. The van der Waals surface area contributed by atoms with Crippen LogP contribution < -0.4 is 5.32 Å². The fourth-order valence-electron chi connectivity index (χ4n) is 3.31. The number of hydrogen-bond donors (Lipinski definition) is 2. The number of rotatable bonds is 7. The molecular weight excluding hydrogens is 366 g/mol. The molecule has 6 heteroatoms. The van der Waals surface area contributed by atoms with E-state index in [4.69, 9.17) is 0 Å². The molecule has 1 heterocycles. The van der Waals surface area contributed by atoms with Gasteiger partial charge in [0, 0.05) is 12.7 Å². The number of nitrogens with zero attached hydrogens (tertiary/aromatic N) is 2. The first-order chi connectivity index (χ1) is 13.8. The highest BCUT2D eigenvalue weighted by Gasteiger charge is 2.22. The highest BCUT2D eigenvalue weighted by molar-refractivity contribution is 5.95. The predicted octanol–water partition coefficient (Wildman–Crippen LogP) is 3.73. The molecule has 0 saturated carbocycles. The molecule has 150 valence electrons. The molecule has 3 aromatic rings. The fourth-order valence-corrected chi connectivity index (χ4v) is 3.31. The quantitative estimate of drug-likeness (QED) is 0.640. The van der Waals surface area contributed by atoms with Crippen molar-refractivity contribution < 1.29 is 14.7 Å². The first-order valence-electron chi connectivity index (χ1n) is 9.67. The summed E-state index contributed by atoms with van der Waals surface area (Å²) in [4.78, 5) is 32.9. The van der Waals surface area contributed by atoms with Gasteiger partial charge in [-0.2, -0.15) is 0 Å². The van der Waals surface area contributed by atoms with Crippen molar-refractivity contribution in [1.82, 2.24) is 15.3 Å². The predicted molar refractivity (Wildman–Crippen MR) is 112 cm³/mol. The van der Waals surface area contributed by atoms with Crippen LogP contribution in [0.25, 0.3) is 10.8 Å². The number of aryl methyl sites for hydroxylation is 1. The van der Waals surface area contributed by atoms with Crippen LogP contribution in [0.5, 0.6) is 0 Å². The summed E-state index contributed by atoms with van der Waals surface area (Å²) in [6, 6.07) is 13.9. The van der Waals surface area contributed by atoms with Crippen molar-refractivity contribution in [1.29, 1.82) is 0 Å². The van der Waals surface area contributed by atoms with Crippen molar-refractivity contribution in [2.45, 2.75) is 33.1 Å². The van der Waals surface area contributed by atoms with Crippen LogP contribution in [0.3, 0.4) is 0 Å². The lowest BCUT2D eigenvalue weighted by Crippen LogP contribution is -2.34. The van der Waals surface area contributed by atoms with Crippen molar-refractivity contribution in [2.75, 3.05) is 6.54 Å². The van der Waals surface area contributed by atoms with Gasteiger partial charge in [-0.3, -0.25) is 9.59 Å². The minimum Gasteiger partial charge on any atom is -0.481 e. The van der Waals surface area contributed by atoms with Gasteiger partial charge >= 0.3 is 5.97 Å². The largest absolute Gasteiger partial charge is 0.481 e. The Labute approximate surface area is 170 Å². The monoisotopic (exact) mass is 391 g/mol. The Kier molecular flexibility index (Phi) is 6.22. The Hall–Kier alpha value is -3.28. The average Bonchev–Trinajstić information content (AvgIpc) is 2.70. The Morgan fingerprint density at radius 2 is 1.83 bits per heavy atom. The summed E-state index contributed by atoms with van der Waals surface area (Å²) in [7, 11) is 0. The first-order valence-corrected chi connectivity index (χ1v) is 9.67. The van der Waals surface area contributed by atoms with E-state index in [1.54, 1.807) is 6.92 Å². The van der Waals surface area contributed by atoms with E-state index < -0.39 is 11.9 Å². The summed E-state index contributed by atoms with van der Waals surface area (Å²) in [5.74, 6) is -1.36. The maximum Gasteiger partial charge on any atom is 0.308 e. The second-order valence-corrected chi connectivity index (χ2v) is 7.50. The van der Waals surface area contributed by atoms with E-state index in [1.807, 2.05) is 56.3 Å². The van der Waals surface area contributed by atoms with Gasteiger partial charge in [-0.15, -0.1) is 0 Å². The lowest BCUT2D eigenvalue weighted by molar-refractivity contribution is -0.141. The normalized spacial score (nSPS) is 12.1. The molecular formula is C23H25N3O3. The summed E-state index contributed by atoms with van der Waals surface area (Å²) in [6.07, 6.45) is 1.84. The van der Waals surface area contributed by atoms with Gasteiger partial charge in [0.05, 0.1) is 17.2 Å². The number of aromatic nitrogens is 2. The van der Waals surface area contributed by atoms with Crippen LogP contribution in [0.15, 0.2) is 48.7 Å². The Morgan fingerprint density at radius 1 is 1.10 bits per heavy atom. The van der Waals surface area contributed by atoms with E-state index in [1.165, 1.54) is 6.20 Å². The van der Waals surface area contributed by atoms with Crippen molar-refractivity contribution >= 4 is 22.6 Å². The van der Waals surface area contributed by atoms with Gasteiger partial charge in [0.15, 0.2) is 0 Å². The zero-order valence-corrected chi connectivity index (χ0v) is 16.8. The molecule has 1 unspecified atom stereocenters. The van der Waals surface area contributed by atoms with Crippen molar-refractivity contribution in [3.05, 3.63) is 71.3 Å². The summed E-state index contributed by atoms with van der Waals surface area (Å²) in [5, 5.41) is 14.6. The third kappa shape index (κ3) is 4.96. The summed E-state index contributed by atoms with van der Waals surface area (Å²) < 4.78 is 0. The van der Waals surface area contributed by atoms with Crippen LogP contribution >= 0.6 is 0 Å². The maximum absolute atomic E-state index is 12.7. The van der Waals surface area contributed by atoms with Crippen LogP contribution in [0.4, 0.5) is 0 Å². The van der Waals surface area contributed by atoms with Gasteiger partial charge in [-0.25, -0.2) is 9.97 Å². The van der Waals surface area contributed by atoms with Gasteiger partial charge < -0.3 is 10.4 Å². The van der Waals surface area contributed by atoms with Gasteiger partial charge in [0.2, 0.25) is 0 Å². The zero-order chi connectivity index (χ0) is 21.0. The maximum atomic E-state index is 12.7. The highest BCUT2D eigenvalue weighted by atomic mass is 16.4. The number of carboxylic acid groups (broad SMARTS) is 1. The fraction of sp³-hybridized carbons (Fsp3) is 0.304. The molecule has 0 aliphatic heterocycles. The SMILES string of the molecule is Cc1ncc(C(=O)NCC(Cc2ccc3ccccc3c2)C(=O)O)c(C(C)C)n1. The van der Waals surface area contributed by atoms with Crippen LogP contribution in [0.2, 0.25) is 0 Å². The molecule has 1 aromatic heterocycles. The summed E-state index contributed by atoms with van der Waals surface area (Å²) >= 11 is 0. The number of benzene rings is 2. The van der Waals surface area contributed by atoms with E-state index in [2.05, 4.69) is 15.3 Å². The lowest BCUT2D eigenvalue weighted by Gasteiger charge is -2.16. The number of amides is 1. The first kappa shape index (κ1) is 20.5. The topological polar surface area (TPSA) is 92.2 Å². The molecule has 2 aromatic carbocycles. The van der Waals surface area contributed by atoms with Crippen molar-refractivity contribution in [2.24, 2.45) is 5.92 Å². The second-order valence-electron chi connectivity index (χ2n) is 7.50. The molecule has 29 heavy (non-hydrogen) atoms. The van der Waals surface area contributed by atoms with Crippen LogP contribution in [-0.4, -0.2) is 33.5 Å². The molecule has 0 spiro atoms. The molecule has 0 aliphatic rings. The van der Waals surface area contributed by atoms with Gasteiger partial charge in [-0.1, -0.05) is 56.3 Å². The number of carbonyl (C=O) groups is 2. The molecule has 1 amide bonds. The minimum absolute atomic E-state index is 0.0341. The van der Waals surface area contributed by atoms with Gasteiger partial charge in [0.25, 0.3) is 5.91 Å². The Morgan fingerprint density at radius 3 is 2.52 bits per heavy atom. The average molecular weight is 391 g/mol. The van der Waals surface area contributed by atoms with Crippen molar-refractivity contribution in [3.8, 4) is 0 Å². The number of hydrogen-bond acceptors (Lipinski definition) is 4. The minimum atomic E-state index is -0.942. The second kappa shape index (κ2) is 8.82. The molecule has 0 saturated heterocycles. The Balaban J connectivity index is 1.72. The Bertz CT molecular complexity index is 1050. The smallest absolute Gasteiger partial charge is 0.308 e. The zero-order valence-electron chi connectivity index (χ0n) is 16.8. The molecule has 0 fully saturated rings. The molecule has 0 radical (unpaired) electrons. The van der Waals surface area contributed by atoms with Crippen molar-refractivity contribution in [3.63, 3.8) is 0 Å².